The molecule has 0 unspecified atom stereocenters. The van der Waals surface area contributed by atoms with Crippen LogP contribution in [0.5, 0.6) is 0 Å². The number of amides is 4. The van der Waals surface area contributed by atoms with Crippen molar-refractivity contribution in [3.05, 3.63) is 35.4 Å². The van der Waals surface area contributed by atoms with E-state index in [1.807, 2.05) is 0 Å². The number of rotatable bonds is 4. The molecular weight excluding hydrogens is 616 g/mol. The van der Waals surface area contributed by atoms with E-state index in [4.69, 9.17) is 23.7 Å². The number of esters is 2. The molecule has 2 aliphatic rings. The topological polar surface area (TPSA) is 179 Å². The summed E-state index contributed by atoms with van der Waals surface area (Å²) in [6, 6.07) is 7.05. The van der Waals surface area contributed by atoms with Crippen LogP contribution in [0.25, 0.3) is 0 Å². The van der Waals surface area contributed by atoms with Gasteiger partial charge in [-0.3, -0.25) is 28.8 Å². The third kappa shape index (κ3) is 17.4. The van der Waals surface area contributed by atoms with E-state index in [1.54, 1.807) is 65.8 Å². The Bertz CT molecular complexity index is 1130. The smallest absolute Gasteiger partial charge is 0.326 e. The van der Waals surface area contributed by atoms with Gasteiger partial charge >= 0.3 is 11.9 Å². The van der Waals surface area contributed by atoms with Gasteiger partial charge in [-0.05, 0) is 52.7 Å². The van der Waals surface area contributed by atoms with Gasteiger partial charge in [0.2, 0.25) is 23.6 Å². The van der Waals surface area contributed by atoms with Gasteiger partial charge < -0.3 is 44.1 Å². The van der Waals surface area contributed by atoms with Crippen molar-refractivity contribution >= 4 is 35.6 Å². The van der Waals surface area contributed by atoms with Gasteiger partial charge in [0, 0.05) is 13.1 Å². The molecule has 1 aromatic carbocycles. The van der Waals surface area contributed by atoms with E-state index in [9.17, 15) is 28.8 Å². The summed E-state index contributed by atoms with van der Waals surface area (Å²) >= 11 is 0. The normalized spacial score (nSPS) is 17.7. The Kier molecular flexibility index (Phi) is 15.7. The largest absolute Gasteiger partial charge is 0.459 e. The highest BCUT2D eigenvalue weighted by Crippen LogP contribution is 2.10. The molecule has 1 aromatic rings. The van der Waals surface area contributed by atoms with Crippen LogP contribution in [0.3, 0.4) is 0 Å². The molecule has 15 heteroatoms. The molecule has 2 heterocycles. The lowest BCUT2D eigenvalue weighted by atomic mass is 10.1. The summed E-state index contributed by atoms with van der Waals surface area (Å²) in [7, 11) is 0. The lowest BCUT2D eigenvalue weighted by Crippen LogP contribution is -2.45. The molecule has 15 nitrogen and oxygen atoms in total. The second-order valence-corrected chi connectivity index (χ2v) is 12.8. The monoisotopic (exact) mass is 664 g/mol. The maximum Gasteiger partial charge on any atom is 0.326 e. The van der Waals surface area contributed by atoms with Crippen LogP contribution < -0.4 is 10.6 Å². The highest BCUT2D eigenvalue weighted by molar-refractivity contribution is 5.89. The lowest BCUT2D eigenvalue weighted by Gasteiger charge is -2.25. The maximum atomic E-state index is 12.9. The van der Waals surface area contributed by atoms with Crippen molar-refractivity contribution in [1.82, 2.24) is 20.4 Å². The number of hydrogen-bond donors (Lipinski definition) is 2. The number of carbonyl (C=O) groups is 6. The van der Waals surface area contributed by atoms with E-state index in [0.29, 0.717) is 0 Å². The standard InChI is InChI=1S/C32H48N4O11/c1-31(2,3)46-29(41)19-35-17-25(37)33-15-23-7-9-24(10-8-23)16-34-26(38)18-36(20-30(42)47-32(4,5)6)28(40)22-45-14-12-43-11-13-44-21-27(35)39/h7-10H,11-22H2,1-6H3,(H,33,37)(H,34,38). The lowest BCUT2D eigenvalue weighted by molar-refractivity contribution is -0.160. The summed E-state index contributed by atoms with van der Waals surface area (Å²) in [4.78, 5) is 78.2. The Labute approximate surface area is 275 Å². The van der Waals surface area contributed by atoms with Gasteiger partial charge in [-0.1, -0.05) is 24.3 Å². The molecule has 0 radical (unpaired) electrons. The Morgan fingerprint density at radius 2 is 0.979 bits per heavy atom. The van der Waals surface area contributed by atoms with E-state index < -0.39 is 73.1 Å². The molecule has 47 heavy (non-hydrogen) atoms. The van der Waals surface area contributed by atoms with Crippen LogP contribution >= 0.6 is 0 Å². The quantitative estimate of drug-likeness (QED) is 0.335. The number of nitrogens with zero attached hydrogens (tertiary/aromatic N) is 2. The highest BCUT2D eigenvalue weighted by atomic mass is 16.6. The molecule has 3 rings (SSSR count). The van der Waals surface area contributed by atoms with E-state index in [-0.39, 0.29) is 52.6 Å². The molecule has 4 amide bonds. The molecule has 0 aromatic heterocycles. The average molecular weight is 665 g/mol. The van der Waals surface area contributed by atoms with Crippen molar-refractivity contribution in [3.8, 4) is 0 Å². The maximum absolute atomic E-state index is 12.9. The second-order valence-electron chi connectivity index (χ2n) is 12.8. The molecule has 0 aliphatic carbocycles. The van der Waals surface area contributed by atoms with Crippen molar-refractivity contribution in [3.63, 3.8) is 0 Å². The molecule has 0 spiro atoms. The number of carbonyl (C=O) groups excluding carboxylic acids is 6. The number of nitrogens with one attached hydrogen (secondary N) is 2. The molecule has 0 saturated heterocycles. The van der Waals surface area contributed by atoms with Crippen LogP contribution in [0, 0.1) is 0 Å². The number of hydrogen-bond acceptors (Lipinski definition) is 11. The zero-order chi connectivity index (χ0) is 35.0. The van der Waals surface area contributed by atoms with Gasteiger partial charge in [0.1, 0.15) is 50.6 Å². The van der Waals surface area contributed by atoms with Crippen LogP contribution in [0.15, 0.2) is 24.3 Å². The minimum Gasteiger partial charge on any atom is -0.459 e. The van der Waals surface area contributed by atoms with E-state index in [1.165, 1.54) is 0 Å². The predicted molar refractivity (Wildman–Crippen MR) is 167 cm³/mol. The van der Waals surface area contributed by atoms with E-state index >= 15 is 0 Å². The molecule has 0 fully saturated rings. The van der Waals surface area contributed by atoms with Crippen molar-refractivity contribution in [2.75, 3.05) is 65.8 Å². The summed E-state index contributed by atoms with van der Waals surface area (Å²) < 4.78 is 26.8. The SMILES string of the molecule is CC(C)(C)OC(=O)CN1CC(=O)NCc2ccc(cc2)CNC(=O)CN(CC(=O)OC(C)(C)C)C(=O)COCCOCCOCC1=O. The van der Waals surface area contributed by atoms with E-state index in [0.717, 1.165) is 20.9 Å². The van der Waals surface area contributed by atoms with Crippen molar-refractivity contribution in [1.29, 1.82) is 0 Å². The van der Waals surface area contributed by atoms with Crippen LogP contribution in [-0.4, -0.2) is 122 Å². The fraction of sp³-hybridized carbons (Fsp3) is 0.625. The van der Waals surface area contributed by atoms with Gasteiger partial charge in [0.25, 0.3) is 0 Å². The summed E-state index contributed by atoms with van der Waals surface area (Å²) in [5.41, 5.74) is -0.0428. The molecule has 262 valence electrons. The first kappa shape index (κ1) is 39.1. The summed E-state index contributed by atoms with van der Waals surface area (Å²) in [6.07, 6.45) is 0. The Morgan fingerprint density at radius 1 is 0.638 bits per heavy atom. The van der Waals surface area contributed by atoms with Crippen LogP contribution in [0.1, 0.15) is 52.7 Å². The summed E-state index contributed by atoms with van der Waals surface area (Å²) in [6.45, 7) is 8.32. The third-order valence-electron chi connectivity index (χ3n) is 6.05. The van der Waals surface area contributed by atoms with Crippen molar-refractivity contribution in [2.24, 2.45) is 0 Å². The van der Waals surface area contributed by atoms with Gasteiger partial charge in [-0.15, -0.1) is 0 Å². The zero-order valence-electron chi connectivity index (χ0n) is 28.2. The Balaban J connectivity index is 2.10. The molecular formula is C32H48N4O11. The molecule has 0 saturated carbocycles. The van der Waals surface area contributed by atoms with Crippen molar-refractivity contribution in [2.45, 2.75) is 65.8 Å². The van der Waals surface area contributed by atoms with Crippen LogP contribution in [0.2, 0.25) is 0 Å². The van der Waals surface area contributed by atoms with Crippen molar-refractivity contribution < 1.29 is 52.5 Å². The van der Waals surface area contributed by atoms with Crippen LogP contribution in [0.4, 0.5) is 0 Å². The summed E-state index contributed by atoms with van der Waals surface area (Å²) in [5, 5.41) is 5.46. The molecule has 2 bridgehead atoms. The summed E-state index contributed by atoms with van der Waals surface area (Å²) in [5.74, 6) is -3.48. The van der Waals surface area contributed by atoms with Gasteiger partial charge in [-0.2, -0.15) is 0 Å². The molecule has 2 aliphatic heterocycles. The van der Waals surface area contributed by atoms with Gasteiger partial charge in [0.05, 0.1) is 26.4 Å². The number of benzene rings is 1. The first-order valence-electron chi connectivity index (χ1n) is 15.3. The van der Waals surface area contributed by atoms with Gasteiger partial charge in [-0.25, -0.2) is 0 Å². The van der Waals surface area contributed by atoms with E-state index in [2.05, 4.69) is 10.6 Å². The number of fused-ring (bicyclic) bond motifs is 22. The Hall–Kier alpha value is -4.08. The minimum atomic E-state index is -0.773. The average Bonchev–Trinajstić information content (AvgIpc) is 2.95. The highest BCUT2D eigenvalue weighted by Gasteiger charge is 2.26. The fourth-order valence-corrected chi connectivity index (χ4v) is 4.00. The molecule has 2 N–H and O–H groups in total. The number of ether oxygens (including phenoxy) is 5. The second kappa shape index (κ2) is 18.9. The first-order valence-corrected chi connectivity index (χ1v) is 15.3. The predicted octanol–water partition coefficient (Wildman–Crippen LogP) is 0.323. The molecule has 0 atom stereocenters. The van der Waals surface area contributed by atoms with Gasteiger partial charge in [0.15, 0.2) is 0 Å². The Morgan fingerprint density at radius 3 is 1.32 bits per heavy atom. The minimum absolute atomic E-state index is 0.0336. The van der Waals surface area contributed by atoms with Crippen LogP contribution in [-0.2, 0) is 65.5 Å². The zero-order valence-corrected chi connectivity index (χ0v) is 28.2. The first-order chi connectivity index (χ1) is 22.0. The third-order valence-corrected chi connectivity index (χ3v) is 6.05. The fourth-order valence-electron chi connectivity index (χ4n) is 4.00.